The second kappa shape index (κ2) is 8.18. The molecular weight excluding hydrogens is 404 g/mol. The van der Waals surface area contributed by atoms with Crippen LogP contribution in [-0.2, 0) is 10.0 Å². The van der Waals surface area contributed by atoms with E-state index in [0.29, 0.717) is 15.8 Å². The predicted octanol–water partition coefficient (Wildman–Crippen LogP) is 4.16. The second-order valence-corrected chi connectivity index (χ2v) is 9.16. The Kier molecular flexibility index (Phi) is 5.91. The van der Waals surface area contributed by atoms with E-state index >= 15 is 0 Å². The van der Waals surface area contributed by atoms with Crippen molar-refractivity contribution in [3.8, 4) is 11.3 Å². The van der Waals surface area contributed by atoms with Crippen molar-refractivity contribution in [1.29, 1.82) is 0 Å². The largest absolute Gasteiger partial charge is 0.253 e. The van der Waals surface area contributed by atoms with Crippen molar-refractivity contribution < 1.29 is 8.42 Å². The Morgan fingerprint density at radius 3 is 2.70 bits per heavy atom. The van der Waals surface area contributed by atoms with Crippen LogP contribution >= 0.6 is 22.9 Å². The normalized spacial score (nSPS) is 12.0. The summed E-state index contributed by atoms with van der Waals surface area (Å²) in [6.45, 7) is 0. The molecule has 0 radical (unpaired) electrons. The van der Waals surface area contributed by atoms with Gasteiger partial charge in [0.25, 0.3) is 0 Å². The maximum Gasteiger partial charge on any atom is 0.242 e. The van der Waals surface area contributed by atoms with Gasteiger partial charge in [-0.25, -0.2) is 17.7 Å². The number of aromatic nitrogens is 1. The minimum absolute atomic E-state index is 0.226. The van der Waals surface area contributed by atoms with Crippen LogP contribution in [0, 0.1) is 0 Å². The predicted molar refractivity (Wildman–Crippen MR) is 111 cm³/mol. The molecule has 0 aliphatic carbocycles. The minimum Gasteiger partial charge on any atom is -0.253 e. The van der Waals surface area contributed by atoms with Crippen LogP contribution in [0.25, 0.3) is 11.3 Å². The summed E-state index contributed by atoms with van der Waals surface area (Å²) in [5.74, 6) is 0. The summed E-state index contributed by atoms with van der Waals surface area (Å²) < 4.78 is 25.8. The Hall–Kier alpha value is -2.26. The molecule has 6 nitrogen and oxygen atoms in total. The first kappa shape index (κ1) is 19.5. The molecule has 1 aromatic heterocycles. The standard InChI is InChI=1S/C18H17ClN4O2S2/c1-23(2)27(24,25)15-8-5-7-13(10-15)17-12-26-18(21-17)22-20-11-14-6-3-4-9-16(14)19/h3-12H,1-2H3,(H,21,22). The van der Waals surface area contributed by atoms with E-state index in [9.17, 15) is 8.42 Å². The van der Waals surface area contributed by atoms with E-state index in [-0.39, 0.29) is 4.90 Å². The third kappa shape index (κ3) is 4.54. The van der Waals surface area contributed by atoms with Crippen LogP contribution in [0.3, 0.4) is 0 Å². The molecule has 3 aromatic rings. The average molecular weight is 421 g/mol. The van der Waals surface area contributed by atoms with Gasteiger partial charge in [-0.05, 0) is 18.2 Å². The maximum absolute atomic E-state index is 12.3. The van der Waals surface area contributed by atoms with Crippen molar-refractivity contribution in [2.75, 3.05) is 19.5 Å². The first-order valence-corrected chi connectivity index (χ1v) is 10.6. The SMILES string of the molecule is CN(C)S(=O)(=O)c1cccc(-c2csc(NN=Cc3ccccc3Cl)n2)c1. The molecule has 0 aliphatic heterocycles. The first-order chi connectivity index (χ1) is 12.9. The van der Waals surface area contributed by atoms with Gasteiger partial charge in [0.2, 0.25) is 15.2 Å². The van der Waals surface area contributed by atoms with Crippen LogP contribution in [0.5, 0.6) is 0 Å². The molecule has 0 bridgehead atoms. The number of hydrazone groups is 1. The van der Waals surface area contributed by atoms with Crippen LogP contribution in [0.2, 0.25) is 5.02 Å². The number of nitrogens with one attached hydrogen (secondary N) is 1. The summed E-state index contributed by atoms with van der Waals surface area (Å²) >= 11 is 7.45. The summed E-state index contributed by atoms with van der Waals surface area (Å²) in [6.07, 6.45) is 1.62. The molecule has 1 N–H and O–H groups in total. The summed E-state index contributed by atoms with van der Waals surface area (Å²) in [7, 11) is -0.485. The second-order valence-electron chi connectivity index (χ2n) is 5.74. The highest BCUT2D eigenvalue weighted by Crippen LogP contribution is 2.27. The average Bonchev–Trinajstić information content (AvgIpc) is 3.12. The van der Waals surface area contributed by atoms with Gasteiger partial charge in [-0.15, -0.1) is 11.3 Å². The van der Waals surface area contributed by atoms with Crippen molar-refractivity contribution in [3.05, 3.63) is 64.5 Å². The van der Waals surface area contributed by atoms with Crippen molar-refractivity contribution in [1.82, 2.24) is 9.29 Å². The number of hydrogen-bond donors (Lipinski definition) is 1. The molecule has 0 atom stereocenters. The third-order valence-corrected chi connectivity index (χ3v) is 6.58. The van der Waals surface area contributed by atoms with E-state index in [2.05, 4.69) is 15.5 Å². The number of halogens is 1. The Balaban J connectivity index is 1.77. The molecule has 0 amide bonds. The van der Waals surface area contributed by atoms with E-state index in [4.69, 9.17) is 11.6 Å². The molecule has 27 heavy (non-hydrogen) atoms. The van der Waals surface area contributed by atoms with Gasteiger partial charge in [-0.1, -0.05) is 41.9 Å². The molecular formula is C18H17ClN4O2S2. The van der Waals surface area contributed by atoms with Crippen LogP contribution in [0.1, 0.15) is 5.56 Å². The van der Waals surface area contributed by atoms with Crippen LogP contribution in [-0.4, -0.2) is 38.0 Å². The summed E-state index contributed by atoms with van der Waals surface area (Å²) in [6, 6.07) is 14.1. The highest BCUT2D eigenvalue weighted by atomic mass is 35.5. The van der Waals surface area contributed by atoms with Gasteiger partial charge < -0.3 is 0 Å². The van der Waals surface area contributed by atoms with E-state index < -0.39 is 10.0 Å². The number of benzene rings is 2. The van der Waals surface area contributed by atoms with Crippen LogP contribution in [0.4, 0.5) is 5.13 Å². The summed E-state index contributed by atoms with van der Waals surface area (Å²) in [5, 5.41) is 7.19. The zero-order chi connectivity index (χ0) is 19.4. The van der Waals surface area contributed by atoms with Gasteiger partial charge in [0.15, 0.2) is 0 Å². The molecule has 0 saturated carbocycles. The number of thiazole rings is 1. The van der Waals surface area contributed by atoms with E-state index in [1.165, 1.54) is 29.7 Å². The van der Waals surface area contributed by atoms with Crippen molar-refractivity contribution in [2.45, 2.75) is 4.90 Å². The Bertz CT molecular complexity index is 1080. The van der Waals surface area contributed by atoms with E-state index in [0.717, 1.165) is 11.1 Å². The van der Waals surface area contributed by atoms with Gasteiger partial charge >= 0.3 is 0 Å². The van der Waals surface area contributed by atoms with Gasteiger partial charge in [-0.2, -0.15) is 5.10 Å². The van der Waals surface area contributed by atoms with E-state index in [1.54, 1.807) is 30.5 Å². The Morgan fingerprint density at radius 2 is 1.96 bits per heavy atom. The quantitative estimate of drug-likeness (QED) is 0.480. The number of nitrogens with zero attached hydrogens (tertiary/aromatic N) is 3. The minimum atomic E-state index is -3.49. The molecule has 0 saturated heterocycles. The number of hydrogen-bond acceptors (Lipinski definition) is 6. The highest BCUT2D eigenvalue weighted by Gasteiger charge is 2.18. The molecule has 2 aromatic carbocycles. The fraction of sp³-hybridized carbons (Fsp3) is 0.111. The zero-order valence-electron chi connectivity index (χ0n) is 14.6. The Labute approximate surface area is 167 Å². The monoisotopic (exact) mass is 420 g/mol. The maximum atomic E-state index is 12.3. The molecule has 0 unspecified atom stereocenters. The fourth-order valence-corrected chi connectivity index (χ4v) is 4.02. The molecule has 9 heteroatoms. The van der Waals surface area contributed by atoms with Gasteiger partial charge in [0.1, 0.15) is 0 Å². The van der Waals surface area contributed by atoms with Gasteiger partial charge in [-0.3, -0.25) is 5.43 Å². The highest BCUT2D eigenvalue weighted by molar-refractivity contribution is 7.89. The molecule has 0 fully saturated rings. The first-order valence-electron chi connectivity index (χ1n) is 7.90. The van der Waals surface area contributed by atoms with Crippen molar-refractivity contribution in [2.24, 2.45) is 5.10 Å². The lowest BCUT2D eigenvalue weighted by Gasteiger charge is -2.11. The topological polar surface area (TPSA) is 74.7 Å². The number of anilines is 1. The number of rotatable bonds is 6. The van der Waals surface area contributed by atoms with Crippen molar-refractivity contribution >= 4 is 44.3 Å². The molecule has 3 rings (SSSR count). The number of sulfonamides is 1. The molecule has 0 spiro atoms. The lowest BCUT2D eigenvalue weighted by atomic mass is 10.2. The lowest BCUT2D eigenvalue weighted by molar-refractivity contribution is 0.521. The molecule has 1 heterocycles. The molecule has 0 aliphatic rings. The smallest absolute Gasteiger partial charge is 0.242 e. The van der Waals surface area contributed by atoms with Crippen LogP contribution in [0.15, 0.2) is 63.9 Å². The Morgan fingerprint density at radius 1 is 1.19 bits per heavy atom. The van der Waals surface area contributed by atoms with E-state index in [1.807, 2.05) is 29.6 Å². The van der Waals surface area contributed by atoms with Crippen molar-refractivity contribution in [3.63, 3.8) is 0 Å². The lowest BCUT2D eigenvalue weighted by Crippen LogP contribution is -2.22. The summed E-state index contributed by atoms with van der Waals surface area (Å²) in [4.78, 5) is 4.68. The van der Waals surface area contributed by atoms with Gasteiger partial charge in [0.05, 0.1) is 16.8 Å². The fourth-order valence-electron chi connectivity index (χ4n) is 2.22. The van der Waals surface area contributed by atoms with Gasteiger partial charge in [0, 0.05) is 35.6 Å². The molecule has 140 valence electrons. The third-order valence-electron chi connectivity index (χ3n) is 3.68. The summed E-state index contributed by atoms with van der Waals surface area (Å²) in [5.41, 5.74) is 5.05. The van der Waals surface area contributed by atoms with Crippen LogP contribution < -0.4 is 5.43 Å². The zero-order valence-corrected chi connectivity index (χ0v) is 17.0.